The van der Waals surface area contributed by atoms with Gasteiger partial charge in [0, 0.05) is 12.8 Å². The maximum absolute atomic E-state index is 12.4. The second-order valence-electron chi connectivity index (χ2n) is 17.1. The molecular formula is C50H97NO5. The lowest BCUT2D eigenvalue weighted by atomic mass is 10.0. The van der Waals surface area contributed by atoms with Crippen LogP contribution in [0.4, 0.5) is 0 Å². The highest BCUT2D eigenvalue weighted by molar-refractivity contribution is 5.76. The van der Waals surface area contributed by atoms with Crippen molar-refractivity contribution in [3.63, 3.8) is 0 Å². The van der Waals surface area contributed by atoms with Crippen LogP contribution < -0.4 is 5.32 Å². The monoisotopic (exact) mass is 792 g/mol. The van der Waals surface area contributed by atoms with Crippen molar-refractivity contribution in [3.8, 4) is 0 Å². The van der Waals surface area contributed by atoms with Crippen LogP contribution in [0.2, 0.25) is 0 Å². The van der Waals surface area contributed by atoms with E-state index in [-0.39, 0.29) is 18.5 Å². The third-order valence-electron chi connectivity index (χ3n) is 11.6. The third kappa shape index (κ3) is 42.2. The van der Waals surface area contributed by atoms with Gasteiger partial charge >= 0.3 is 5.97 Å². The molecule has 0 heterocycles. The lowest BCUT2D eigenvalue weighted by molar-refractivity contribution is -0.143. The summed E-state index contributed by atoms with van der Waals surface area (Å²) >= 11 is 0. The van der Waals surface area contributed by atoms with Crippen molar-refractivity contribution >= 4 is 11.9 Å². The second-order valence-corrected chi connectivity index (χ2v) is 17.1. The molecule has 2 unspecified atom stereocenters. The van der Waals surface area contributed by atoms with Gasteiger partial charge in [-0.2, -0.15) is 0 Å². The Morgan fingerprint density at radius 2 is 0.839 bits per heavy atom. The van der Waals surface area contributed by atoms with Crippen LogP contribution in [-0.2, 0) is 14.3 Å². The number of rotatable bonds is 46. The predicted molar refractivity (Wildman–Crippen MR) is 241 cm³/mol. The fraction of sp³-hybridized carbons (Fsp3) is 0.920. The maximum atomic E-state index is 12.4. The van der Waals surface area contributed by atoms with Crippen molar-refractivity contribution in [3.05, 3.63) is 12.2 Å². The van der Waals surface area contributed by atoms with E-state index in [1.807, 2.05) is 0 Å². The Hall–Kier alpha value is -1.40. The van der Waals surface area contributed by atoms with Gasteiger partial charge in [0.15, 0.2) is 0 Å². The molecule has 0 aliphatic heterocycles. The lowest BCUT2D eigenvalue weighted by Crippen LogP contribution is -2.45. The molecule has 0 spiro atoms. The van der Waals surface area contributed by atoms with Crippen LogP contribution in [0.3, 0.4) is 0 Å². The van der Waals surface area contributed by atoms with Crippen molar-refractivity contribution < 1.29 is 24.5 Å². The molecule has 0 aromatic carbocycles. The molecule has 332 valence electrons. The van der Waals surface area contributed by atoms with Crippen molar-refractivity contribution in [2.75, 3.05) is 13.2 Å². The highest BCUT2D eigenvalue weighted by atomic mass is 16.5. The van der Waals surface area contributed by atoms with Crippen LogP contribution in [0.5, 0.6) is 0 Å². The largest absolute Gasteiger partial charge is 0.466 e. The third-order valence-corrected chi connectivity index (χ3v) is 11.6. The zero-order valence-corrected chi connectivity index (χ0v) is 37.6. The van der Waals surface area contributed by atoms with Crippen LogP contribution >= 0.6 is 0 Å². The molecule has 0 saturated heterocycles. The van der Waals surface area contributed by atoms with Crippen molar-refractivity contribution in [2.45, 2.75) is 283 Å². The average Bonchev–Trinajstić information content (AvgIpc) is 3.20. The highest BCUT2D eigenvalue weighted by Gasteiger charge is 2.20. The molecule has 0 aliphatic rings. The van der Waals surface area contributed by atoms with E-state index in [1.165, 1.54) is 186 Å². The number of allylic oxidation sites excluding steroid dienone is 2. The molecule has 0 saturated carbocycles. The molecule has 0 aromatic rings. The van der Waals surface area contributed by atoms with E-state index in [1.54, 1.807) is 0 Å². The normalized spacial score (nSPS) is 12.7. The molecule has 0 aromatic heterocycles. The summed E-state index contributed by atoms with van der Waals surface area (Å²) in [5, 5.41) is 23.0. The van der Waals surface area contributed by atoms with Gasteiger partial charge in [0.25, 0.3) is 0 Å². The molecule has 0 rings (SSSR count). The van der Waals surface area contributed by atoms with Gasteiger partial charge < -0.3 is 20.3 Å². The quantitative estimate of drug-likeness (QED) is 0.0324. The standard InChI is InChI=1S/C50H97NO5/c1-3-5-7-9-11-13-14-15-16-17-21-24-28-32-36-40-44-50(55)56-45-41-37-33-29-25-22-19-18-20-23-27-31-35-39-43-49(54)51-47(46-52)48(53)42-38-34-30-26-12-10-8-6-4-2/h16-17,47-48,52-53H,3-15,18-46H2,1-2H3,(H,51,54)/b17-16-. The number of amides is 1. The van der Waals surface area contributed by atoms with E-state index in [0.717, 1.165) is 51.4 Å². The van der Waals surface area contributed by atoms with Crippen LogP contribution in [-0.4, -0.2) is 47.4 Å². The number of carbonyl (C=O) groups is 2. The van der Waals surface area contributed by atoms with E-state index < -0.39 is 12.1 Å². The summed E-state index contributed by atoms with van der Waals surface area (Å²) in [5.41, 5.74) is 0. The molecule has 0 bridgehead atoms. The number of nitrogens with one attached hydrogen (secondary N) is 1. The molecule has 0 radical (unpaired) electrons. The average molecular weight is 792 g/mol. The van der Waals surface area contributed by atoms with E-state index in [4.69, 9.17) is 4.74 Å². The zero-order valence-electron chi connectivity index (χ0n) is 37.6. The predicted octanol–water partition coefficient (Wildman–Crippen LogP) is 14.6. The minimum absolute atomic E-state index is 0.00984. The molecule has 0 aliphatic carbocycles. The first-order valence-corrected chi connectivity index (χ1v) is 24.9. The second kappa shape index (κ2) is 46.3. The summed E-state index contributed by atoms with van der Waals surface area (Å²) in [7, 11) is 0. The van der Waals surface area contributed by atoms with Crippen molar-refractivity contribution in [1.29, 1.82) is 0 Å². The summed E-state index contributed by atoms with van der Waals surface area (Å²) in [6, 6.07) is -0.546. The first kappa shape index (κ1) is 54.6. The highest BCUT2D eigenvalue weighted by Crippen LogP contribution is 2.16. The molecule has 56 heavy (non-hydrogen) atoms. The van der Waals surface area contributed by atoms with Gasteiger partial charge in [-0.1, -0.05) is 219 Å². The Morgan fingerprint density at radius 1 is 0.482 bits per heavy atom. The number of hydrogen-bond acceptors (Lipinski definition) is 5. The Kier molecular flexibility index (Phi) is 45.1. The van der Waals surface area contributed by atoms with Crippen LogP contribution in [0.15, 0.2) is 12.2 Å². The van der Waals surface area contributed by atoms with Gasteiger partial charge in [-0.3, -0.25) is 9.59 Å². The number of unbranched alkanes of at least 4 members (excludes halogenated alkanes) is 33. The zero-order chi connectivity index (χ0) is 40.8. The Labute approximate surface area is 349 Å². The number of aliphatic hydroxyl groups excluding tert-OH is 2. The molecule has 1 amide bonds. The first-order chi connectivity index (χ1) is 27.5. The topological polar surface area (TPSA) is 95.9 Å². The summed E-state index contributed by atoms with van der Waals surface area (Å²) in [6.45, 7) is 4.90. The molecule has 6 heteroatoms. The fourth-order valence-corrected chi connectivity index (χ4v) is 7.69. The molecule has 2 atom stereocenters. The molecule has 6 nitrogen and oxygen atoms in total. The molecular weight excluding hydrogens is 695 g/mol. The number of esters is 1. The minimum atomic E-state index is -0.668. The van der Waals surface area contributed by atoms with E-state index in [2.05, 4.69) is 31.3 Å². The number of ether oxygens (including phenoxy) is 1. The van der Waals surface area contributed by atoms with Gasteiger partial charge in [0.05, 0.1) is 25.4 Å². The lowest BCUT2D eigenvalue weighted by Gasteiger charge is -2.22. The van der Waals surface area contributed by atoms with Gasteiger partial charge in [0.1, 0.15) is 0 Å². The Balaban J connectivity index is 3.41. The van der Waals surface area contributed by atoms with Gasteiger partial charge in [0.2, 0.25) is 5.91 Å². The van der Waals surface area contributed by atoms with Gasteiger partial charge in [-0.05, 0) is 51.4 Å². The number of hydrogen-bond donors (Lipinski definition) is 3. The minimum Gasteiger partial charge on any atom is -0.466 e. The van der Waals surface area contributed by atoms with Crippen molar-refractivity contribution in [1.82, 2.24) is 5.32 Å². The van der Waals surface area contributed by atoms with Gasteiger partial charge in [-0.15, -0.1) is 0 Å². The Morgan fingerprint density at radius 3 is 1.27 bits per heavy atom. The number of carbonyl (C=O) groups excluding carboxylic acids is 2. The van der Waals surface area contributed by atoms with Crippen molar-refractivity contribution in [2.24, 2.45) is 0 Å². The fourth-order valence-electron chi connectivity index (χ4n) is 7.69. The maximum Gasteiger partial charge on any atom is 0.305 e. The molecule has 0 fully saturated rings. The Bertz CT molecular complexity index is 832. The summed E-state index contributed by atoms with van der Waals surface area (Å²) < 4.78 is 5.46. The van der Waals surface area contributed by atoms with Crippen LogP contribution in [0, 0.1) is 0 Å². The summed E-state index contributed by atoms with van der Waals surface area (Å²) in [4.78, 5) is 24.4. The SMILES string of the molecule is CCCCCCCCC/C=C\CCCCCCCC(=O)OCCCCCCCCCCCCCCCCC(=O)NC(CO)C(O)CCCCCCCCCCC. The van der Waals surface area contributed by atoms with E-state index in [0.29, 0.717) is 25.9 Å². The van der Waals surface area contributed by atoms with Crippen LogP contribution in [0.1, 0.15) is 271 Å². The summed E-state index contributed by atoms with van der Waals surface area (Å²) in [5.74, 6) is -0.0579. The van der Waals surface area contributed by atoms with Gasteiger partial charge in [-0.25, -0.2) is 0 Å². The number of aliphatic hydroxyl groups is 2. The smallest absolute Gasteiger partial charge is 0.305 e. The molecule has 3 N–H and O–H groups in total. The first-order valence-electron chi connectivity index (χ1n) is 24.9. The van der Waals surface area contributed by atoms with E-state index in [9.17, 15) is 19.8 Å². The van der Waals surface area contributed by atoms with Crippen LogP contribution in [0.25, 0.3) is 0 Å². The summed E-state index contributed by atoms with van der Waals surface area (Å²) in [6.07, 6.45) is 51.8. The van der Waals surface area contributed by atoms with E-state index >= 15 is 0 Å².